The quantitative estimate of drug-likeness (QED) is 0.681. The van der Waals surface area contributed by atoms with E-state index >= 15 is 0 Å². The van der Waals surface area contributed by atoms with Crippen molar-refractivity contribution < 1.29 is 14.3 Å². The average molecular weight is 428 g/mol. The van der Waals surface area contributed by atoms with E-state index in [1.807, 2.05) is 23.1 Å². The Hall–Kier alpha value is -1.86. The van der Waals surface area contributed by atoms with Crippen molar-refractivity contribution in [1.82, 2.24) is 9.88 Å². The van der Waals surface area contributed by atoms with Gasteiger partial charge >= 0.3 is 0 Å². The lowest BCUT2D eigenvalue weighted by atomic mass is 10.1. The number of hydrogen-bond acceptors (Lipinski definition) is 5. The first kappa shape index (κ1) is 24.2. The molecule has 1 aromatic heterocycles. The van der Waals surface area contributed by atoms with E-state index in [0.717, 1.165) is 19.3 Å². The molecule has 1 saturated heterocycles. The zero-order valence-corrected chi connectivity index (χ0v) is 17.3. The number of piperidine rings is 1. The van der Waals surface area contributed by atoms with Gasteiger partial charge in [-0.15, -0.1) is 24.8 Å². The molecule has 0 atom stereocenters. The summed E-state index contributed by atoms with van der Waals surface area (Å²) in [7, 11) is 0. The molecule has 3 rings (SSSR count). The van der Waals surface area contributed by atoms with Crippen molar-refractivity contribution in [3.05, 3.63) is 54.4 Å². The third kappa shape index (κ3) is 6.95. The lowest BCUT2D eigenvalue weighted by Gasteiger charge is -2.32. The largest absolute Gasteiger partial charge is 0.457 e. The fraction of sp³-hybridized carbons (Fsp3) is 0.400. The summed E-state index contributed by atoms with van der Waals surface area (Å²) in [5.41, 5.74) is 6.12. The first-order valence-corrected chi connectivity index (χ1v) is 9.05. The monoisotopic (exact) mass is 427 g/mol. The summed E-state index contributed by atoms with van der Waals surface area (Å²) in [6.45, 7) is 2.77. The van der Waals surface area contributed by atoms with Crippen LogP contribution >= 0.6 is 24.8 Å². The molecular formula is C20H27Cl2N3O3. The Morgan fingerprint density at radius 3 is 2.50 bits per heavy atom. The van der Waals surface area contributed by atoms with Crippen LogP contribution in [-0.2, 0) is 4.74 Å². The first-order chi connectivity index (χ1) is 12.8. The van der Waals surface area contributed by atoms with Gasteiger partial charge in [0.2, 0.25) is 0 Å². The van der Waals surface area contributed by atoms with Crippen molar-refractivity contribution in [3.8, 4) is 11.5 Å². The number of benzene rings is 1. The Labute approximate surface area is 178 Å². The highest BCUT2D eigenvalue weighted by Gasteiger charge is 2.24. The van der Waals surface area contributed by atoms with Gasteiger partial charge in [0.05, 0.1) is 6.10 Å². The Kier molecular flexibility index (Phi) is 10.9. The highest BCUT2D eigenvalue weighted by molar-refractivity contribution is 5.94. The number of likely N-dealkylation sites (tertiary alicyclic amines) is 1. The predicted molar refractivity (Wildman–Crippen MR) is 114 cm³/mol. The predicted octanol–water partition coefficient (Wildman–Crippen LogP) is 3.69. The Morgan fingerprint density at radius 1 is 1.11 bits per heavy atom. The minimum absolute atomic E-state index is 0. The molecule has 0 saturated carbocycles. The number of carbonyl (C=O) groups is 1. The SMILES string of the molecule is Cl.Cl.NCCCOC1CCN(C(=O)c2cccc(Oc3ccncc3)c2)CC1. The van der Waals surface area contributed by atoms with Gasteiger partial charge in [0.25, 0.3) is 5.91 Å². The van der Waals surface area contributed by atoms with Gasteiger partial charge in [-0.05, 0) is 56.1 Å². The van der Waals surface area contributed by atoms with Crippen LogP contribution in [0.2, 0.25) is 0 Å². The molecule has 1 aliphatic rings. The molecular weight excluding hydrogens is 401 g/mol. The molecule has 154 valence electrons. The Morgan fingerprint density at radius 2 is 1.82 bits per heavy atom. The van der Waals surface area contributed by atoms with Crippen LogP contribution in [0.15, 0.2) is 48.8 Å². The molecule has 6 nitrogen and oxygen atoms in total. The van der Waals surface area contributed by atoms with E-state index in [4.69, 9.17) is 15.2 Å². The molecule has 1 fully saturated rings. The summed E-state index contributed by atoms with van der Waals surface area (Å²) in [6.07, 6.45) is 6.18. The van der Waals surface area contributed by atoms with E-state index in [0.29, 0.717) is 43.3 Å². The normalized spacial score (nSPS) is 14.0. The lowest BCUT2D eigenvalue weighted by molar-refractivity contribution is 0.00844. The van der Waals surface area contributed by atoms with Gasteiger partial charge in [-0.25, -0.2) is 0 Å². The number of nitrogens with zero attached hydrogens (tertiary/aromatic N) is 2. The van der Waals surface area contributed by atoms with Crippen molar-refractivity contribution in [2.75, 3.05) is 26.2 Å². The number of ether oxygens (including phenoxy) is 2. The molecule has 0 radical (unpaired) electrons. The smallest absolute Gasteiger partial charge is 0.253 e. The van der Waals surface area contributed by atoms with Crippen molar-refractivity contribution in [1.29, 1.82) is 0 Å². The average Bonchev–Trinajstić information content (AvgIpc) is 2.69. The molecule has 2 heterocycles. The fourth-order valence-electron chi connectivity index (χ4n) is 2.98. The number of aromatic nitrogens is 1. The molecule has 1 amide bonds. The third-order valence-corrected chi connectivity index (χ3v) is 4.40. The number of hydrogen-bond donors (Lipinski definition) is 1. The summed E-state index contributed by atoms with van der Waals surface area (Å²) in [6, 6.07) is 10.9. The number of carbonyl (C=O) groups excluding carboxylic acids is 1. The third-order valence-electron chi connectivity index (χ3n) is 4.40. The lowest BCUT2D eigenvalue weighted by Crippen LogP contribution is -2.41. The fourth-order valence-corrected chi connectivity index (χ4v) is 2.98. The topological polar surface area (TPSA) is 77.7 Å². The van der Waals surface area contributed by atoms with E-state index in [1.54, 1.807) is 30.6 Å². The van der Waals surface area contributed by atoms with Crippen LogP contribution in [0.3, 0.4) is 0 Å². The summed E-state index contributed by atoms with van der Waals surface area (Å²) in [4.78, 5) is 18.6. The molecule has 0 unspecified atom stereocenters. The highest BCUT2D eigenvalue weighted by atomic mass is 35.5. The van der Waals surface area contributed by atoms with Gasteiger partial charge < -0.3 is 20.1 Å². The number of halogens is 2. The van der Waals surface area contributed by atoms with E-state index in [-0.39, 0.29) is 36.8 Å². The standard InChI is InChI=1S/C20H25N3O3.2ClH/c21-9-2-14-25-17-7-12-23(13-8-17)20(24)16-3-1-4-19(15-16)26-18-5-10-22-11-6-18;;/h1,3-6,10-11,15,17H,2,7-9,12-14,21H2;2*1H. The van der Waals surface area contributed by atoms with Crippen molar-refractivity contribution in [2.24, 2.45) is 5.73 Å². The van der Waals surface area contributed by atoms with Crippen LogP contribution in [0, 0.1) is 0 Å². The van der Waals surface area contributed by atoms with Crippen LogP contribution in [0.4, 0.5) is 0 Å². The van der Waals surface area contributed by atoms with Gasteiger partial charge in [-0.2, -0.15) is 0 Å². The van der Waals surface area contributed by atoms with Gasteiger partial charge in [-0.3, -0.25) is 9.78 Å². The summed E-state index contributed by atoms with van der Waals surface area (Å²) >= 11 is 0. The number of amides is 1. The highest BCUT2D eigenvalue weighted by Crippen LogP contribution is 2.23. The van der Waals surface area contributed by atoms with Crippen LogP contribution < -0.4 is 10.5 Å². The molecule has 0 aliphatic carbocycles. The minimum atomic E-state index is 0. The van der Waals surface area contributed by atoms with Crippen LogP contribution in [0.25, 0.3) is 0 Å². The molecule has 2 aromatic rings. The van der Waals surface area contributed by atoms with Crippen molar-refractivity contribution >= 4 is 30.7 Å². The molecule has 28 heavy (non-hydrogen) atoms. The van der Waals surface area contributed by atoms with E-state index in [2.05, 4.69) is 4.98 Å². The van der Waals surface area contributed by atoms with E-state index < -0.39 is 0 Å². The molecule has 0 spiro atoms. The second kappa shape index (κ2) is 12.6. The van der Waals surface area contributed by atoms with E-state index in [9.17, 15) is 4.79 Å². The summed E-state index contributed by atoms with van der Waals surface area (Å²) < 4.78 is 11.6. The molecule has 1 aliphatic heterocycles. The van der Waals surface area contributed by atoms with Gasteiger partial charge in [-0.1, -0.05) is 6.07 Å². The van der Waals surface area contributed by atoms with Crippen LogP contribution in [0.1, 0.15) is 29.6 Å². The summed E-state index contributed by atoms with van der Waals surface area (Å²) in [5.74, 6) is 1.37. The van der Waals surface area contributed by atoms with Crippen LogP contribution in [0.5, 0.6) is 11.5 Å². The van der Waals surface area contributed by atoms with Gasteiger partial charge in [0.15, 0.2) is 0 Å². The van der Waals surface area contributed by atoms with Crippen molar-refractivity contribution in [3.63, 3.8) is 0 Å². The molecule has 1 aromatic carbocycles. The zero-order chi connectivity index (χ0) is 18.2. The Bertz CT molecular complexity index is 711. The second-order valence-electron chi connectivity index (χ2n) is 6.32. The molecule has 2 N–H and O–H groups in total. The number of nitrogens with two attached hydrogens (primary N) is 1. The maximum Gasteiger partial charge on any atom is 0.253 e. The van der Waals surface area contributed by atoms with Crippen molar-refractivity contribution in [2.45, 2.75) is 25.4 Å². The Balaban J connectivity index is 0.00000196. The van der Waals surface area contributed by atoms with Crippen LogP contribution in [-0.4, -0.2) is 48.1 Å². The first-order valence-electron chi connectivity index (χ1n) is 9.05. The minimum Gasteiger partial charge on any atom is -0.457 e. The maximum absolute atomic E-state index is 12.8. The molecule has 0 bridgehead atoms. The van der Waals surface area contributed by atoms with Gasteiger partial charge in [0.1, 0.15) is 11.5 Å². The summed E-state index contributed by atoms with van der Waals surface area (Å²) in [5, 5.41) is 0. The molecule has 8 heteroatoms. The number of pyridine rings is 1. The van der Waals surface area contributed by atoms with E-state index in [1.165, 1.54) is 0 Å². The van der Waals surface area contributed by atoms with Gasteiger partial charge in [0, 0.05) is 37.7 Å². The zero-order valence-electron chi connectivity index (χ0n) is 15.7. The number of rotatable bonds is 7. The second-order valence-corrected chi connectivity index (χ2v) is 6.32. The maximum atomic E-state index is 12.8.